The highest BCUT2D eigenvalue weighted by Gasteiger charge is 2.20. The molecule has 7 heteroatoms. The van der Waals surface area contributed by atoms with Gasteiger partial charge in [-0.15, -0.1) is 0 Å². The molecule has 5 nitrogen and oxygen atoms in total. The van der Waals surface area contributed by atoms with Gasteiger partial charge in [0.05, 0.1) is 15.0 Å². The number of nitrogens with zero attached hydrogens (tertiary/aromatic N) is 2. The Morgan fingerprint density at radius 1 is 1.38 bits per heavy atom. The number of H-pyrrole nitrogens is 1. The lowest BCUT2D eigenvalue weighted by molar-refractivity contribution is -0.384. The second kappa shape index (κ2) is 4.11. The Bertz CT molecular complexity index is 553. The first-order valence-electron chi connectivity index (χ1n) is 4.23. The number of halogens is 2. The molecule has 1 heterocycles. The standard InChI is InChI=1S/C9H5Cl2N3O2/c10-6-3-1-2-5(8(6)11)9-7(14(15)16)4-12-13-9/h1-4H,(H,12,13). The zero-order valence-corrected chi connectivity index (χ0v) is 9.29. The van der Waals surface area contributed by atoms with Crippen molar-refractivity contribution in [1.82, 2.24) is 10.2 Å². The Kier molecular flexibility index (Phi) is 2.80. The number of rotatable bonds is 2. The molecular weight excluding hydrogens is 253 g/mol. The van der Waals surface area contributed by atoms with Crippen molar-refractivity contribution in [2.24, 2.45) is 0 Å². The number of nitrogens with one attached hydrogen (secondary N) is 1. The highest BCUT2D eigenvalue weighted by molar-refractivity contribution is 6.43. The summed E-state index contributed by atoms with van der Waals surface area (Å²) < 4.78 is 0. The monoisotopic (exact) mass is 257 g/mol. The topological polar surface area (TPSA) is 71.8 Å². The molecule has 0 aliphatic heterocycles. The predicted octanol–water partition coefficient (Wildman–Crippen LogP) is 3.29. The van der Waals surface area contributed by atoms with Gasteiger partial charge >= 0.3 is 5.69 Å². The van der Waals surface area contributed by atoms with Crippen LogP contribution in [-0.2, 0) is 0 Å². The van der Waals surface area contributed by atoms with Crippen LogP contribution in [0.5, 0.6) is 0 Å². The first kappa shape index (κ1) is 10.9. The van der Waals surface area contributed by atoms with E-state index >= 15 is 0 Å². The molecule has 2 aromatic rings. The summed E-state index contributed by atoms with van der Waals surface area (Å²) in [4.78, 5) is 10.2. The molecule has 0 unspecified atom stereocenters. The molecule has 0 bridgehead atoms. The molecule has 16 heavy (non-hydrogen) atoms. The van der Waals surface area contributed by atoms with Crippen molar-refractivity contribution in [1.29, 1.82) is 0 Å². The van der Waals surface area contributed by atoms with E-state index in [0.717, 1.165) is 6.20 Å². The number of hydrogen-bond donors (Lipinski definition) is 1. The fraction of sp³-hybridized carbons (Fsp3) is 0. The Morgan fingerprint density at radius 3 is 2.81 bits per heavy atom. The number of aromatic amines is 1. The van der Waals surface area contributed by atoms with Gasteiger partial charge in [0.25, 0.3) is 0 Å². The van der Waals surface area contributed by atoms with E-state index in [2.05, 4.69) is 10.2 Å². The first-order chi connectivity index (χ1) is 7.61. The van der Waals surface area contributed by atoms with Crippen LogP contribution in [0.4, 0.5) is 5.69 Å². The maximum atomic E-state index is 10.7. The van der Waals surface area contributed by atoms with E-state index in [4.69, 9.17) is 23.2 Å². The van der Waals surface area contributed by atoms with Gasteiger partial charge in [-0.05, 0) is 6.07 Å². The molecule has 1 aromatic heterocycles. The summed E-state index contributed by atoms with van der Waals surface area (Å²) in [5, 5.41) is 17.5. The third-order valence-corrected chi connectivity index (χ3v) is 2.86. The summed E-state index contributed by atoms with van der Waals surface area (Å²) in [7, 11) is 0. The lowest BCUT2D eigenvalue weighted by Gasteiger charge is -2.02. The Balaban J connectivity index is 2.63. The van der Waals surface area contributed by atoms with Gasteiger partial charge in [-0.1, -0.05) is 35.3 Å². The van der Waals surface area contributed by atoms with Gasteiger partial charge in [0.2, 0.25) is 0 Å². The van der Waals surface area contributed by atoms with Crippen LogP contribution in [0.15, 0.2) is 24.4 Å². The summed E-state index contributed by atoms with van der Waals surface area (Å²) in [6.45, 7) is 0. The molecule has 2 rings (SSSR count). The van der Waals surface area contributed by atoms with E-state index in [1.807, 2.05) is 0 Å². The maximum Gasteiger partial charge on any atom is 0.314 e. The quantitative estimate of drug-likeness (QED) is 0.663. The van der Waals surface area contributed by atoms with Gasteiger partial charge in [0.1, 0.15) is 11.9 Å². The van der Waals surface area contributed by atoms with Crippen molar-refractivity contribution >= 4 is 28.9 Å². The summed E-state index contributed by atoms with van der Waals surface area (Å²) in [6.07, 6.45) is 1.13. The van der Waals surface area contributed by atoms with Gasteiger partial charge < -0.3 is 0 Å². The van der Waals surface area contributed by atoms with Crippen molar-refractivity contribution in [3.05, 3.63) is 44.6 Å². The summed E-state index contributed by atoms with van der Waals surface area (Å²) in [5.74, 6) is 0. The van der Waals surface area contributed by atoms with Crippen molar-refractivity contribution < 1.29 is 4.92 Å². The van der Waals surface area contributed by atoms with Crippen LogP contribution in [0.2, 0.25) is 10.0 Å². The second-order valence-corrected chi connectivity index (χ2v) is 3.77. The third kappa shape index (κ3) is 1.75. The largest absolute Gasteiger partial charge is 0.314 e. The zero-order valence-electron chi connectivity index (χ0n) is 7.78. The van der Waals surface area contributed by atoms with Crippen molar-refractivity contribution in [3.63, 3.8) is 0 Å². The van der Waals surface area contributed by atoms with Gasteiger partial charge in [0, 0.05) is 5.56 Å². The average molecular weight is 258 g/mol. The molecule has 0 saturated heterocycles. The molecule has 0 atom stereocenters. The van der Waals surface area contributed by atoms with Crippen LogP contribution >= 0.6 is 23.2 Å². The van der Waals surface area contributed by atoms with Crippen LogP contribution in [0.1, 0.15) is 0 Å². The smallest absolute Gasteiger partial charge is 0.271 e. The highest BCUT2D eigenvalue weighted by Crippen LogP contribution is 2.36. The second-order valence-electron chi connectivity index (χ2n) is 2.99. The predicted molar refractivity (Wildman–Crippen MR) is 60.7 cm³/mol. The SMILES string of the molecule is O=[N+]([O-])c1cn[nH]c1-c1cccc(Cl)c1Cl. The van der Waals surface area contributed by atoms with Crippen molar-refractivity contribution in [2.45, 2.75) is 0 Å². The zero-order chi connectivity index (χ0) is 11.7. The normalized spacial score (nSPS) is 10.4. The van der Waals surface area contributed by atoms with E-state index in [1.54, 1.807) is 18.2 Å². The molecule has 0 aliphatic carbocycles. The van der Waals surface area contributed by atoms with Gasteiger partial charge in [-0.3, -0.25) is 15.2 Å². The summed E-state index contributed by atoms with van der Waals surface area (Å²) >= 11 is 11.8. The van der Waals surface area contributed by atoms with E-state index in [0.29, 0.717) is 10.6 Å². The van der Waals surface area contributed by atoms with Crippen molar-refractivity contribution in [3.8, 4) is 11.3 Å². The average Bonchev–Trinajstić information content (AvgIpc) is 2.70. The van der Waals surface area contributed by atoms with E-state index in [1.165, 1.54) is 0 Å². The number of benzene rings is 1. The molecule has 0 spiro atoms. The van der Waals surface area contributed by atoms with Crippen LogP contribution in [0, 0.1) is 10.1 Å². The Morgan fingerprint density at radius 2 is 2.12 bits per heavy atom. The van der Waals surface area contributed by atoms with Gasteiger partial charge in [-0.25, -0.2) is 0 Å². The molecule has 82 valence electrons. The Labute approximate surface area is 100 Å². The minimum atomic E-state index is -0.532. The minimum Gasteiger partial charge on any atom is -0.271 e. The highest BCUT2D eigenvalue weighted by atomic mass is 35.5. The van der Waals surface area contributed by atoms with Gasteiger partial charge in [0.15, 0.2) is 0 Å². The number of aromatic nitrogens is 2. The fourth-order valence-corrected chi connectivity index (χ4v) is 1.71. The van der Waals surface area contributed by atoms with Crippen LogP contribution in [0.3, 0.4) is 0 Å². The minimum absolute atomic E-state index is 0.135. The van der Waals surface area contributed by atoms with Crippen LogP contribution in [0.25, 0.3) is 11.3 Å². The molecule has 0 amide bonds. The lowest BCUT2D eigenvalue weighted by atomic mass is 10.1. The lowest BCUT2D eigenvalue weighted by Crippen LogP contribution is -1.90. The molecule has 0 fully saturated rings. The van der Waals surface area contributed by atoms with Gasteiger partial charge in [-0.2, -0.15) is 5.10 Å². The van der Waals surface area contributed by atoms with Crippen LogP contribution in [-0.4, -0.2) is 15.1 Å². The molecule has 0 saturated carbocycles. The van der Waals surface area contributed by atoms with E-state index in [9.17, 15) is 10.1 Å². The number of nitro groups is 1. The summed E-state index contributed by atoms with van der Waals surface area (Å²) in [5.41, 5.74) is 0.569. The maximum absolute atomic E-state index is 10.7. The third-order valence-electron chi connectivity index (χ3n) is 2.04. The fourth-order valence-electron chi connectivity index (χ4n) is 1.31. The summed E-state index contributed by atoms with van der Waals surface area (Å²) in [6, 6.07) is 4.90. The number of hydrogen-bond acceptors (Lipinski definition) is 3. The Hall–Kier alpha value is -1.59. The van der Waals surface area contributed by atoms with E-state index < -0.39 is 4.92 Å². The molecular formula is C9H5Cl2N3O2. The molecule has 0 radical (unpaired) electrons. The molecule has 1 aromatic carbocycles. The van der Waals surface area contributed by atoms with E-state index in [-0.39, 0.29) is 16.4 Å². The molecule has 1 N–H and O–H groups in total. The molecule has 0 aliphatic rings. The van der Waals surface area contributed by atoms with Crippen LogP contribution < -0.4 is 0 Å². The first-order valence-corrected chi connectivity index (χ1v) is 4.99. The van der Waals surface area contributed by atoms with Crippen molar-refractivity contribution in [2.75, 3.05) is 0 Å².